The van der Waals surface area contributed by atoms with Crippen LogP contribution in [0.4, 0.5) is 16.2 Å². The number of ether oxygens (including phenoxy) is 4. The fourth-order valence-electron chi connectivity index (χ4n) is 3.58. The summed E-state index contributed by atoms with van der Waals surface area (Å²) in [5.41, 5.74) is 1.51. The number of nitrogens with zero attached hydrogens (tertiary/aromatic N) is 3. The van der Waals surface area contributed by atoms with Crippen molar-refractivity contribution in [1.82, 2.24) is 4.90 Å². The number of amides is 1. The molecule has 182 valence electrons. The number of benzene rings is 2. The Morgan fingerprint density at radius 1 is 1.06 bits per heavy atom. The lowest BCUT2D eigenvalue weighted by atomic mass is 9.95. The number of aliphatic hydroxyl groups is 1. The largest absolute Gasteiger partial charge is 0.451 e. The molecule has 3 rings (SSSR count). The molecule has 5 atom stereocenters. The molecule has 1 amide bonds. The van der Waals surface area contributed by atoms with Gasteiger partial charge in [-0.2, -0.15) is 10.2 Å². The van der Waals surface area contributed by atoms with Crippen molar-refractivity contribution in [3.63, 3.8) is 0 Å². The van der Waals surface area contributed by atoms with E-state index < -0.39 is 42.7 Å². The highest BCUT2D eigenvalue weighted by atomic mass is 16.7. The molecule has 1 heterocycles. The molecule has 1 aliphatic heterocycles. The number of hydrogen-bond acceptors (Lipinski definition) is 9. The number of aliphatic hydroxyl groups excluding tert-OH is 1. The van der Waals surface area contributed by atoms with Gasteiger partial charge in [0, 0.05) is 14.2 Å². The van der Waals surface area contributed by atoms with Crippen molar-refractivity contribution in [3.8, 4) is 0 Å². The molecule has 1 saturated heterocycles. The van der Waals surface area contributed by atoms with E-state index in [2.05, 4.69) is 10.2 Å². The summed E-state index contributed by atoms with van der Waals surface area (Å²) in [6, 6.07) is 14.7. The first-order valence-electron chi connectivity index (χ1n) is 10.9. The Bertz CT molecular complexity index is 984. The number of rotatable bonds is 7. The number of hydrogen-bond donors (Lipinski definition) is 1. The zero-order chi connectivity index (χ0) is 24.7. The van der Waals surface area contributed by atoms with Crippen molar-refractivity contribution < 1.29 is 33.6 Å². The quantitative estimate of drug-likeness (QED) is 0.481. The van der Waals surface area contributed by atoms with Gasteiger partial charge in [-0.3, -0.25) is 0 Å². The summed E-state index contributed by atoms with van der Waals surface area (Å²) in [5, 5.41) is 19.0. The van der Waals surface area contributed by atoms with E-state index >= 15 is 0 Å². The van der Waals surface area contributed by atoms with E-state index in [4.69, 9.17) is 18.9 Å². The van der Waals surface area contributed by atoms with E-state index in [0.717, 1.165) is 0 Å². The van der Waals surface area contributed by atoms with Gasteiger partial charge in [0.1, 0.15) is 12.1 Å². The average molecular weight is 472 g/mol. The fourth-order valence-corrected chi connectivity index (χ4v) is 3.58. The highest BCUT2D eigenvalue weighted by Gasteiger charge is 2.49. The van der Waals surface area contributed by atoms with Gasteiger partial charge < -0.3 is 29.0 Å². The Labute approximate surface area is 198 Å². The number of carbonyl (C=O) groups is 2. The van der Waals surface area contributed by atoms with Gasteiger partial charge in [0.2, 0.25) is 0 Å². The summed E-state index contributed by atoms with van der Waals surface area (Å²) >= 11 is 0. The Morgan fingerprint density at radius 3 is 2.26 bits per heavy atom. The fraction of sp³-hybridized carbons (Fsp3) is 0.417. The first-order valence-corrected chi connectivity index (χ1v) is 10.9. The molecule has 0 unspecified atom stereocenters. The summed E-state index contributed by atoms with van der Waals surface area (Å²) in [6.45, 7) is 3.47. The average Bonchev–Trinajstić information content (AvgIpc) is 2.85. The second-order valence-corrected chi connectivity index (χ2v) is 7.69. The second-order valence-electron chi connectivity index (χ2n) is 7.69. The van der Waals surface area contributed by atoms with Crippen molar-refractivity contribution in [2.24, 2.45) is 10.2 Å². The first-order chi connectivity index (χ1) is 16.3. The summed E-state index contributed by atoms with van der Waals surface area (Å²) in [6.07, 6.45) is -4.57. The molecule has 0 saturated carbocycles. The molecular formula is C24H29N3O7. The lowest BCUT2D eigenvalue weighted by Crippen LogP contribution is -2.64. The van der Waals surface area contributed by atoms with Crippen LogP contribution in [0.5, 0.6) is 0 Å². The number of likely N-dealkylation sites (N-methyl/N-ethyl adjacent to an activating group) is 1. The normalized spacial score (nSPS) is 24.6. The van der Waals surface area contributed by atoms with Gasteiger partial charge in [0.05, 0.1) is 29.6 Å². The summed E-state index contributed by atoms with van der Waals surface area (Å²) in [5.74, 6) is -0.675. The zero-order valence-corrected chi connectivity index (χ0v) is 19.5. The number of esters is 1. The topological polar surface area (TPSA) is 119 Å². The smallest absolute Gasteiger partial charge is 0.409 e. The number of azo groups is 1. The van der Waals surface area contributed by atoms with Crippen LogP contribution >= 0.6 is 0 Å². The molecule has 10 nitrogen and oxygen atoms in total. The van der Waals surface area contributed by atoms with Crippen LogP contribution < -0.4 is 0 Å². The molecule has 0 radical (unpaired) electrons. The maximum atomic E-state index is 12.9. The van der Waals surface area contributed by atoms with Gasteiger partial charge in [-0.1, -0.05) is 18.2 Å². The van der Waals surface area contributed by atoms with Crippen molar-refractivity contribution in [3.05, 3.63) is 60.2 Å². The summed E-state index contributed by atoms with van der Waals surface area (Å²) in [4.78, 5) is 26.5. The minimum atomic E-state index is -1.14. The Balaban J connectivity index is 1.76. The van der Waals surface area contributed by atoms with E-state index in [-0.39, 0.29) is 12.2 Å². The highest BCUT2D eigenvalue weighted by molar-refractivity contribution is 5.90. The predicted octanol–water partition coefficient (Wildman–Crippen LogP) is 3.84. The van der Waals surface area contributed by atoms with Gasteiger partial charge in [0.15, 0.2) is 12.4 Å². The molecule has 0 bridgehead atoms. The molecule has 1 aliphatic rings. The predicted molar refractivity (Wildman–Crippen MR) is 122 cm³/mol. The van der Waals surface area contributed by atoms with Crippen LogP contribution in [0.3, 0.4) is 0 Å². The second kappa shape index (κ2) is 11.7. The van der Waals surface area contributed by atoms with Crippen molar-refractivity contribution >= 4 is 23.4 Å². The summed E-state index contributed by atoms with van der Waals surface area (Å²) in [7, 11) is 2.86. The van der Waals surface area contributed by atoms with Crippen LogP contribution in [0.25, 0.3) is 0 Å². The minimum Gasteiger partial charge on any atom is -0.451 e. The number of methoxy groups -OCH3 is 1. The van der Waals surface area contributed by atoms with Crippen LogP contribution in [-0.4, -0.2) is 73.5 Å². The molecule has 10 heteroatoms. The van der Waals surface area contributed by atoms with E-state index in [9.17, 15) is 14.7 Å². The maximum Gasteiger partial charge on any atom is 0.409 e. The molecule has 0 aromatic heterocycles. The molecule has 0 aliphatic carbocycles. The SMILES string of the molecule is CCOC(=O)N(C)[C@H]1[C@H](O)[C@@H](C)O[C@@H](OC)[C@@H]1OC(=O)c1ccc(N=Nc2ccccc2)cc1. The van der Waals surface area contributed by atoms with Crippen molar-refractivity contribution in [1.29, 1.82) is 0 Å². The molecule has 2 aromatic rings. The Morgan fingerprint density at radius 2 is 1.68 bits per heavy atom. The monoisotopic (exact) mass is 471 g/mol. The number of carbonyl (C=O) groups excluding carboxylic acids is 2. The third-order valence-corrected chi connectivity index (χ3v) is 5.40. The van der Waals surface area contributed by atoms with Crippen molar-refractivity contribution in [2.75, 3.05) is 20.8 Å². The lowest BCUT2D eigenvalue weighted by molar-refractivity contribution is -0.270. The van der Waals surface area contributed by atoms with Crippen LogP contribution in [0.1, 0.15) is 24.2 Å². The lowest BCUT2D eigenvalue weighted by Gasteiger charge is -2.45. The first kappa shape index (κ1) is 25.3. The summed E-state index contributed by atoms with van der Waals surface area (Å²) < 4.78 is 21.7. The van der Waals surface area contributed by atoms with Gasteiger partial charge in [-0.25, -0.2) is 9.59 Å². The third-order valence-electron chi connectivity index (χ3n) is 5.40. The standard InChI is InChI=1S/C24H29N3O7/c1-5-32-24(30)27(3)19-20(28)15(2)33-23(31-4)21(19)34-22(29)16-11-13-18(14-12-16)26-25-17-9-7-6-8-10-17/h6-15,19-21,23,28H,5H2,1-4H3/t15-,19+,20-,21-,23-/m1/s1. The molecule has 2 aromatic carbocycles. The van der Waals surface area contributed by atoms with Gasteiger partial charge in [-0.15, -0.1) is 0 Å². The van der Waals surface area contributed by atoms with Crippen LogP contribution in [0.15, 0.2) is 64.8 Å². The van der Waals surface area contributed by atoms with Gasteiger partial charge in [-0.05, 0) is 50.2 Å². The van der Waals surface area contributed by atoms with E-state index in [1.165, 1.54) is 19.1 Å². The molecule has 34 heavy (non-hydrogen) atoms. The zero-order valence-electron chi connectivity index (χ0n) is 19.5. The maximum absolute atomic E-state index is 12.9. The minimum absolute atomic E-state index is 0.157. The van der Waals surface area contributed by atoms with Crippen LogP contribution in [0, 0.1) is 0 Å². The molecule has 1 fully saturated rings. The highest BCUT2D eigenvalue weighted by Crippen LogP contribution is 2.29. The third kappa shape index (κ3) is 5.96. The Hall–Kier alpha value is -3.34. The van der Waals surface area contributed by atoms with Crippen molar-refractivity contribution in [2.45, 2.75) is 44.5 Å². The van der Waals surface area contributed by atoms with E-state index in [1.807, 2.05) is 30.3 Å². The van der Waals surface area contributed by atoms with Gasteiger partial charge in [0.25, 0.3) is 0 Å². The van der Waals surface area contributed by atoms with Gasteiger partial charge >= 0.3 is 12.1 Å². The Kier molecular flexibility index (Phi) is 8.69. The van der Waals surface area contributed by atoms with E-state index in [1.54, 1.807) is 38.1 Å². The molecule has 0 spiro atoms. The van der Waals surface area contributed by atoms with E-state index in [0.29, 0.717) is 11.4 Å². The molecular weight excluding hydrogens is 442 g/mol. The molecule has 1 N–H and O–H groups in total. The van der Waals surface area contributed by atoms with Crippen LogP contribution in [-0.2, 0) is 18.9 Å². The van der Waals surface area contributed by atoms with Crippen LogP contribution in [0.2, 0.25) is 0 Å².